The molecule has 3 N–H and O–H groups in total. The molecule has 102 valence electrons. The summed E-state index contributed by atoms with van der Waals surface area (Å²) in [6.07, 6.45) is 7.13. The highest BCUT2D eigenvalue weighted by Crippen LogP contribution is 2.26. The van der Waals surface area contributed by atoms with E-state index in [0.29, 0.717) is 22.1 Å². The van der Waals surface area contributed by atoms with Gasteiger partial charge >= 0.3 is 0 Å². The van der Waals surface area contributed by atoms with Gasteiger partial charge in [-0.25, -0.2) is 4.98 Å². The molecule has 0 radical (unpaired) electrons. The van der Waals surface area contributed by atoms with Gasteiger partial charge in [-0.3, -0.25) is 0 Å². The van der Waals surface area contributed by atoms with E-state index in [2.05, 4.69) is 10.3 Å². The Morgan fingerprint density at radius 2 is 2.00 bits per heavy atom. The number of hydrogen-bond acceptors (Lipinski definition) is 3. The van der Waals surface area contributed by atoms with Crippen molar-refractivity contribution < 1.29 is 0 Å². The van der Waals surface area contributed by atoms with Crippen LogP contribution in [0.25, 0.3) is 0 Å². The average Bonchev–Trinajstić information content (AvgIpc) is 2.48. The van der Waals surface area contributed by atoms with E-state index in [1.807, 2.05) is 0 Å². The molecule has 2 rings (SSSR count). The smallest absolute Gasteiger partial charge is 0.145 e. The Morgan fingerprint density at radius 3 is 2.72 bits per heavy atom. The van der Waals surface area contributed by atoms with Gasteiger partial charge in [0, 0.05) is 18.3 Å². The summed E-state index contributed by atoms with van der Waals surface area (Å²) in [4.78, 5) is 4.22. The molecule has 0 saturated heterocycles. The van der Waals surface area contributed by atoms with Gasteiger partial charge in [-0.1, -0.05) is 23.2 Å². The molecule has 18 heavy (non-hydrogen) atoms. The zero-order valence-electron chi connectivity index (χ0n) is 10.0. The Labute approximate surface area is 124 Å². The molecule has 2 atom stereocenters. The Hall–Kier alpha value is -0.220. The van der Waals surface area contributed by atoms with Crippen molar-refractivity contribution in [2.75, 3.05) is 5.32 Å². The van der Waals surface area contributed by atoms with Gasteiger partial charge < -0.3 is 11.1 Å². The minimum atomic E-state index is 0. The van der Waals surface area contributed by atoms with Crippen molar-refractivity contribution in [3.63, 3.8) is 0 Å². The van der Waals surface area contributed by atoms with Gasteiger partial charge in [0.05, 0.1) is 10.0 Å². The van der Waals surface area contributed by atoms with Crippen molar-refractivity contribution in [2.24, 2.45) is 5.73 Å². The van der Waals surface area contributed by atoms with Crippen molar-refractivity contribution in [1.82, 2.24) is 4.98 Å². The molecule has 0 spiro atoms. The minimum Gasteiger partial charge on any atom is -0.366 e. The number of pyridine rings is 1. The molecule has 3 nitrogen and oxygen atoms in total. The van der Waals surface area contributed by atoms with Crippen LogP contribution in [0.4, 0.5) is 5.82 Å². The molecule has 1 aliphatic carbocycles. The Balaban J connectivity index is 0.00000162. The molecular formula is C12H18Cl3N3. The van der Waals surface area contributed by atoms with Crippen molar-refractivity contribution in [3.8, 4) is 0 Å². The predicted molar refractivity (Wildman–Crippen MR) is 80.0 cm³/mol. The van der Waals surface area contributed by atoms with Crippen LogP contribution in [0, 0.1) is 0 Å². The van der Waals surface area contributed by atoms with Crippen molar-refractivity contribution in [3.05, 3.63) is 22.3 Å². The molecule has 1 fully saturated rings. The lowest BCUT2D eigenvalue weighted by molar-refractivity contribution is 0.577. The molecule has 0 bridgehead atoms. The highest BCUT2D eigenvalue weighted by Gasteiger charge is 2.17. The monoisotopic (exact) mass is 309 g/mol. The predicted octanol–water partition coefficient (Wildman–Crippen LogP) is 3.88. The fourth-order valence-corrected chi connectivity index (χ4v) is 2.62. The zero-order valence-corrected chi connectivity index (χ0v) is 12.4. The maximum Gasteiger partial charge on any atom is 0.145 e. The van der Waals surface area contributed by atoms with Crippen LogP contribution < -0.4 is 11.1 Å². The summed E-state index contributed by atoms with van der Waals surface area (Å²) in [6.45, 7) is 0. The summed E-state index contributed by atoms with van der Waals surface area (Å²) in [6, 6.07) is 2.46. The molecule has 1 saturated carbocycles. The highest BCUT2D eigenvalue weighted by atomic mass is 35.5. The second kappa shape index (κ2) is 7.39. The summed E-state index contributed by atoms with van der Waals surface area (Å²) >= 11 is 11.9. The lowest BCUT2D eigenvalue weighted by Crippen LogP contribution is -2.21. The average molecular weight is 311 g/mol. The van der Waals surface area contributed by atoms with Gasteiger partial charge in [-0.15, -0.1) is 12.4 Å². The number of nitrogens with two attached hydrogens (primary N) is 1. The first-order valence-corrected chi connectivity index (χ1v) is 6.74. The molecule has 2 unspecified atom stereocenters. The standard InChI is InChI=1S/C12H17Cl2N3.ClH/c13-8-6-11(14)12(16-7-8)17-10-3-1-2-9(15)4-5-10;/h6-7,9-10H,1-5,15H2,(H,16,17);1H. The molecule has 0 aromatic carbocycles. The van der Waals surface area contributed by atoms with E-state index in [-0.39, 0.29) is 12.4 Å². The van der Waals surface area contributed by atoms with Crippen LogP contribution in [0.3, 0.4) is 0 Å². The normalized spacial score (nSPS) is 23.9. The van der Waals surface area contributed by atoms with Gasteiger partial charge in [0.15, 0.2) is 0 Å². The number of nitrogens with one attached hydrogen (secondary N) is 1. The Bertz CT molecular complexity index is 387. The number of aromatic nitrogens is 1. The van der Waals surface area contributed by atoms with E-state index >= 15 is 0 Å². The van der Waals surface area contributed by atoms with Crippen LogP contribution in [-0.4, -0.2) is 17.1 Å². The van der Waals surface area contributed by atoms with Crippen molar-refractivity contribution in [2.45, 2.75) is 44.2 Å². The lowest BCUT2D eigenvalue weighted by atomic mass is 10.1. The van der Waals surface area contributed by atoms with E-state index in [0.717, 1.165) is 37.9 Å². The largest absolute Gasteiger partial charge is 0.366 e. The van der Waals surface area contributed by atoms with E-state index < -0.39 is 0 Å². The second-order valence-electron chi connectivity index (χ2n) is 4.59. The minimum absolute atomic E-state index is 0. The van der Waals surface area contributed by atoms with Crippen molar-refractivity contribution >= 4 is 41.4 Å². The molecule has 1 aromatic rings. The van der Waals surface area contributed by atoms with Gasteiger partial charge in [0.25, 0.3) is 0 Å². The van der Waals surface area contributed by atoms with Crippen LogP contribution in [0.2, 0.25) is 10.0 Å². The maximum absolute atomic E-state index is 6.08. The van der Waals surface area contributed by atoms with Gasteiger partial charge in [0.2, 0.25) is 0 Å². The first-order valence-electron chi connectivity index (χ1n) is 5.98. The Kier molecular flexibility index (Phi) is 6.50. The number of halogens is 3. The van der Waals surface area contributed by atoms with Gasteiger partial charge in [-0.2, -0.15) is 0 Å². The van der Waals surface area contributed by atoms with E-state index in [4.69, 9.17) is 28.9 Å². The third-order valence-corrected chi connectivity index (χ3v) is 3.66. The van der Waals surface area contributed by atoms with E-state index in [9.17, 15) is 0 Å². The van der Waals surface area contributed by atoms with Crippen LogP contribution in [0.15, 0.2) is 12.3 Å². The second-order valence-corrected chi connectivity index (χ2v) is 5.44. The maximum atomic E-state index is 6.08. The molecule has 0 amide bonds. The number of rotatable bonds is 2. The Morgan fingerprint density at radius 1 is 1.22 bits per heavy atom. The SMILES string of the molecule is Cl.NC1CCCC(Nc2ncc(Cl)cc2Cl)CC1. The fraction of sp³-hybridized carbons (Fsp3) is 0.583. The summed E-state index contributed by atoms with van der Waals surface area (Å²) < 4.78 is 0. The zero-order chi connectivity index (χ0) is 12.3. The summed E-state index contributed by atoms with van der Waals surface area (Å²) in [5.74, 6) is 0.719. The first kappa shape index (κ1) is 15.8. The summed E-state index contributed by atoms with van der Waals surface area (Å²) in [7, 11) is 0. The van der Waals surface area contributed by atoms with Crippen LogP contribution in [0.1, 0.15) is 32.1 Å². The van der Waals surface area contributed by atoms with E-state index in [1.165, 1.54) is 0 Å². The summed E-state index contributed by atoms with van der Waals surface area (Å²) in [5.41, 5.74) is 5.95. The molecule has 0 aliphatic heterocycles. The quantitative estimate of drug-likeness (QED) is 0.815. The third-order valence-electron chi connectivity index (χ3n) is 3.16. The lowest BCUT2D eigenvalue weighted by Gasteiger charge is -2.17. The summed E-state index contributed by atoms with van der Waals surface area (Å²) in [5, 5.41) is 4.51. The van der Waals surface area contributed by atoms with Crippen LogP contribution in [0.5, 0.6) is 0 Å². The van der Waals surface area contributed by atoms with Crippen LogP contribution in [-0.2, 0) is 0 Å². The molecule has 1 aromatic heterocycles. The molecule has 1 aliphatic rings. The van der Waals surface area contributed by atoms with Crippen molar-refractivity contribution in [1.29, 1.82) is 0 Å². The molecule has 1 heterocycles. The van der Waals surface area contributed by atoms with E-state index in [1.54, 1.807) is 12.3 Å². The van der Waals surface area contributed by atoms with Gasteiger partial charge in [0.1, 0.15) is 5.82 Å². The fourth-order valence-electron chi connectivity index (χ4n) is 2.19. The van der Waals surface area contributed by atoms with Crippen LogP contribution >= 0.6 is 35.6 Å². The number of nitrogens with zero attached hydrogens (tertiary/aromatic N) is 1. The van der Waals surface area contributed by atoms with Gasteiger partial charge in [-0.05, 0) is 38.2 Å². The number of hydrogen-bond donors (Lipinski definition) is 2. The molecule has 6 heteroatoms. The highest BCUT2D eigenvalue weighted by molar-refractivity contribution is 6.35. The molecular weight excluding hydrogens is 293 g/mol. The topological polar surface area (TPSA) is 50.9 Å². The third kappa shape index (κ3) is 4.47. The number of anilines is 1. The first-order chi connectivity index (χ1) is 8.15.